The molecule has 0 radical (unpaired) electrons. The van der Waals surface area contributed by atoms with Gasteiger partial charge in [-0.25, -0.2) is 0 Å². The molecule has 1 rings (SSSR count). The van der Waals surface area contributed by atoms with Gasteiger partial charge in [-0.1, -0.05) is 40.7 Å². The van der Waals surface area contributed by atoms with E-state index in [-0.39, 0.29) is 6.10 Å². The van der Waals surface area contributed by atoms with Crippen LogP contribution in [0.3, 0.4) is 0 Å². The van der Waals surface area contributed by atoms with Gasteiger partial charge in [0.1, 0.15) is 0 Å². The van der Waals surface area contributed by atoms with Crippen molar-refractivity contribution in [3.63, 3.8) is 0 Å². The topological polar surface area (TPSA) is 20.2 Å². The zero-order chi connectivity index (χ0) is 12.5. The van der Waals surface area contributed by atoms with Gasteiger partial charge in [-0.2, -0.15) is 0 Å². The van der Waals surface area contributed by atoms with Crippen LogP contribution in [0.5, 0.6) is 0 Å². The molecular weight excluding hydrogens is 196 g/mol. The van der Waals surface area contributed by atoms with Crippen LogP contribution in [0.15, 0.2) is 11.6 Å². The first-order valence-corrected chi connectivity index (χ1v) is 6.57. The monoisotopic (exact) mass is 224 g/mol. The molecule has 0 aromatic rings. The third-order valence-electron chi connectivity index (χ3n) is 3.79. The molecule has 0 aromatic heterocycles. The van der Waals surface area contributed by atoms with Gasteiger partial charge >= 0.3 is 0 Å². The van der Waals surface area contributed by atoms with Crippen molar-refractivity contribution in [3.8, 4) is 0 Å². The van der Waals surface area contributed by atoms with Crippen molar-refractivity contribution in [1.82, 2.24) is 0 Å². The molecule has 4 unspecified atom stereocenters. The molecule has 1 heteroatoms. The van der Waals surface area contributed by atoms with Crippen LogP contribution in [0.2, 0.25) is 0 Å². The predicted molar refractivity (Wildman–Crippen MR) is 70.3 cm³/mol. The van der Waals surface area contributed by atoms with Gasteiger partial charge in [-0.3, -0.25) is 0 Å². The lowest BCUT2D eigenvalue weighted by Crippen LogP contribution is -2.30. The Labute approximate surface area is 101 Å². The van der Waals surface area contributed by atoms with Crippen molar-refractivity contribution in [3.05, 3.63) is 11.6 Å². The smallest absolute Gasteiger partial charge is 0.0773 e. The van der Waals surface area contributed by atoms with Gasteiger partial charge in [0.05, 0.1) is 6.10 Å². The minimum atomic E-state index is -0.210. The molecule has 0 saturated carbocycles. The van der Waals surface area contributed by atoms with E-state index < -0.39 is 0 Å². The van der Waals surface area contributed by atoms with Crippen LogP contribution >= 0.6 is 0 Å². The standard InChI is InChI=1S/C15H28O/c1-10-7-13(8-11(2)14(10)16)12(3)9-15(4,5)6/h7,11-14,16H,8-9H2,1-6H3. The van der Waals surface area contributed by atoms with Crippen molar-refractivity contribution in [2.24, 2.45) is 23.2 Å². The fourth-order valence-electron chi connectivity index (χ4n) is 3.03. The first-order chi connectivity index (χ1) is 7.20. The first kappa shape index (κ1) is 13.8. The van der Waals surface area contributed by atoms with Gasteiger partial charge in [-0.05, 0) is 48.5 Å². The van der Waals surface area contributed by atoms with Crippen LogP contribution in [0, 0.1) is 23.2 Å². The summed E-state index contributed by atoms with van der Waals surface area (Å²) in [6.07, 6.45) is 4.49. The van der Waals surface area contributed by atoms with Gasteiger partial charge in [0.15, 0.2) is 0 Å². The van der Waals surface area contributed by atoms with E-state index in [4.69, 9.17) is 0 Å². The molecule has 4 atom stereocenters. The molecule has 0 amide bonds. The van der Waals surface area contributed by atoms with E-state index in [1.54, 1.807) is 0 Å². The molecular formula is C15H28O. The summed E-state index contributed by atoms with van der Waals surface area (Å²) in [5.41, 5.74) is 1.57. The molecule has 0 fully saturated rings. The van der Waals surface area contributed by atoms with Gasteiger partial charge in [0.25, 0.3) is 0 Å². The molecule has 94 valence electrons. The maximum absolute atomic E-state index is 9.91. The maximum atomic E-state index is 9.91. The zero-order valence-electron chi connectivity index (χ0n) is 11.7. The second-order valence-corrected chi connectivity index (χ2v) is 6.97. The molecule has 0 aromatic carbocycles. The molecule has 1 aliphatic carbocycles. The number of aliphatic hydroxyl groups excluding tert-OH is 1. The molecule has 0 saturated heterocycles. The Hall–Kier alpha value is -0.300. The van der Waals surface area contributed by atoms with E-state index in [9.17, 15) is 5.11 Å². The largest absolute Gasteiger partial charge is 0.388 e. The minimum Gasteiger partial charge on any atom is -0.388 e. The van der Waals surface area contributed by atoms with Crippen LogP contribution < -0.4 is 0 Å². The number of allylic oxidation sites excluding steroid dienone is 1. The lowest BCUT2D eigenvalue weighted by Gasteiger charge is -2.35. The summed E-state index contributed by atoms with van der Waals surface area (Å²) >= 11 is 0. The summed E-state index contributed by atoms with van der Waals surface area (Å²) in [5.74, 6) is 1.78. The van der Waals surface area contributed by atoms with E-state index >= 15 is 0 Å². The highest BCUT2D eigenvalue weighted by atomic mass is 16.3. The van der Waals surface area contributed by atoms with Crippen LogP contribution in [0.4, 0.5) is 0 Å². The first-order valence-electron chi connectivity index (χ1n) is 6.57. The highest BCUT2D eigenvalue weighted by Gasteiger charge is 2.29. The van der Waals surface area contributed by atoms with Gasteiger partial charge in [-0.15, -0.1) is 0 Å². The Bertz CT molecular complexity index is 259. The molecule has 1 nitrogen and oxygen atoms in total. The predicted octanol–water partition coefficient (Wildman–Crippen LogP) is 4.02. The quantitative estimate of drug-likeness (QED) is 0.702. The van der Waals surface area contributed by atoms with Crippen LogP contribution in [-0.2, 0) is 0 Å². The number of hydrogen-bond donors (Lipinski definition) is 1. The Morgan fingerprint density at radius 2 is 2.00 bits per heavy atom. The summed E-state index contributed by atoms with van der Waals surface area (Å²) < 4.78 is 0. The van der Waals surface area contributed by atoms with Crippen LogP contribution in [0.1, 0.15) is 54.4 Å². The number of hydrogen-bond acceptors (Lipinski definition) is 1. The van der Waals surface area contributed by atoms with E-state index in [1.807, 2.05) is 0 Å². The fourth-order valence-corrected chi connectivity index (χ4v) is 3.03. The van der Waals surface area contributed by atoms with E-state index in [1.165, 1.54) is 12.0 Å². The van der Waals surface area contributed by atoms with Crippen LogP contribution in [-0.4, -0.2) is 11.2 Å². The van der Waals surface area contributed by atoms with Crippen molar-refractivity contribution in [2.45, 2.75) is 60.5 Å². The molecule has 16 heavy (non-hydrogen) atoms. The molecule has 0 bridgehead atoms. The summed E-state index contributed by atoms with van der Waals surface area (Å²) in [5, 5.41) is 9.91. The molecule has 1 N–H and O–H groups in total. The maximum Gasteiger partial charge on any atom is 0.0773 e. The Morgan fingerprint density at radius 3 is 2.44 bits per heavy atom. The van der Waals surface area contributed by atoms with E-state index in [2.05, 4.69) is 47.6 Å². The summed E-state index contributed by atoms with van der Waals surface area (Å²) in [4.78, 5) is 0. The van der Waals surface area contributed by atoms with Crippen LogP contribution in [0.25, 0.3) is 0 Å². The van der Waals surface area contributed by atoms with Gasteiger partial charge < -0.3 is 5.11 Å². The lowest BCUT2D eigenvalue weighted by molar-refractivity contribution is 0.112. The Kier molecular flexibility index (Phi) is 4.23. The van der Waals surface area contributed by atoms with Crippen molar-refractivity contribution in [2.75, 3.05) is 0 Å². The average Bonchev–Trinajstić information content (AvgIpc) is 2.10. The van der Waals surface area contributed by atoms with Crippen molar-refractivity contribution in [1.29, 1.82) is 0 Å². The molecule has 1 aliphatic rings. The Balaban J connectivity index is 2.68. The Morgan fingerprint density at radius 1 is 1.44 bits per heavy atom. The van der Waals surface area contributed by atoms with Crippen molar-refractivity contribution < 1.29 is 5.11 Å². The summed E-state index contributed by atoms with van der Waals surface area (Å²) in [6.45, 7) is 13.5. The average molecular weight is 224 g/mol. The highest BCUT2D eigenvalue weighted by Crippen LogP contribution is 2.37. The second-order valence-electron chi connectivity index (χ2n) is 6.97. The third-order valence-corrected chi connectivity index (χ3v) is 3.79. The van der Waals surface area contributed by atoms with Gasteiger partial charge in [0.2, 0.25) is 0 Å². The zero-order valence-corrected chi connectivity index (χ0v) is 11.7. The van der Waals surface area contributed by atoms with Crippen molar-refractivity contribution >= 4 is 0 Å². The minimum absolute atomic E-state index is 0.210. The summed E-state index contributed by atoms with van der Waals surface area (Å²) in [7, 11) is 0. The fraction of sp³-hybridized carbons (Fsp3) is 0.867. The van der Waals surface area contributed by atoms with Gasteiger partial charge in [0, 0.05) is 0 Å². The summed E-state index contributed by atoms with van der Waals surface area (Å²) in [6, 6.07) is 0. The van der Waals surface area contributed by atoms with E-state index in [0.29, 0.717) is 23.2 Å². The third kappa shape index (κ3) is 3.62. The SMILES string of the molecule is CC1=CC(C(C)CC(C)(C)C)CC(C)C1O. The molecule has 0 spiro atoms. The molecule has 0 heterocycles. The number of aliphatic hydroxyl groups is 1. The number of rotatable bonds is 2. The lowest BCUT2D eigenvalue weighted by atomic mass is 9.72. The highest BCUT2D eigenvalue weighted by molar-refractivity contribution is 5.13. The second kappa shape index (κ2) is 4.91. The molecule has 0 aliphatic heterocycles. The van der Waals surface area contributed by atoms with E-state index in [0.717, 1.165) is 6.42 Å². The normalized spacial score (nSPS) is 33.4.